The summed E-state index contributed by atoms with van der Waals surface area (Å²) in [6.45, 7) is 8.64. The number of aliphatic carboxylic acids is 1. The average Bonchev–Trinajstić information content (AvgIpc) is 2.00. The van der Waals surface area contributed by atoms with Gasteiger partial charge in [-0.3, -0.25) is 9.69 Å². The zero-order valence-corrected chi connectivity index (χ0v) is 10.2. The van der Waals surface area contributed by atoms with Crippen molar-refractivity contribution in [2.24, 2.45) is 11.8 Å². The van der Waals surface area contributed by atoms with Crippen molar-refractivity contribution in [2.45, 2.75) is 20.8 Å². The van der Waals surface area contributed by atoms with Crippen LogP contribution in [0.15, 0.2) is 0 Å². The highest BCUT2D eigenvalue weighted by molar-refractivity contribution is 5.69. The molecular formula is C11H23NO3. The SMILES string of the molecule is COCC(C)CN(CC(=O)O)CC(C)C. The van der Waals surface area contributed by atoms with Gasteiger partial charge in [0.1, 0.15) is 0 Å². The second-order valence-corrected chi connectivity index (χ2v) is 4.54. The van der Waals surface area contributed by atoms with E-state index in [9.17, 15) is 4.79 Å². The maximum atomic E-state index is 10.7. The van der Waals surface area contributed by atoms with Crippen LogP contribution in [0.1, 0.15) is 20.8 Å². The minimum Gasteiger partial charge on any atom is -0.480 e. The van der Waals surface area contributed by atoms with E-state index in [0.29, 0.717) is 18.4 Å². The smallest absolute Gasteiger partial charge is 0.317 e. The third-order valence-corrected chi connectivity index (χ3v) is 2.00. The zero-order valence-electron chi connectivity index (χ0n) is 10.2. The number of carbonyl (C=O) groups is 1. The van der Waals surface area contributed by atoms with Crippen molar-refractivity contribution in [2.75, 3.05) is 33.4 Å². The van der Waals surface area contributed by atoms with E-state index in [-0.39, 0.29) is 6.54 Å². The predicted octanol–water partition coefficient (Wildman–Crippen LogP) is 1.31. The number of methoxy groups -OCH3 is 1. The number of rotatable bonds is 8. The van der Waals surface area contributed by atoms with Crippen LogP contribution in [0.2, 0.25) is 0 Å². The van der Waals surface area contributed by atoms with Crippen LogP contribution >= 0.6 is 0 Å². The van der Waals surface area contributed by atoms with Gasteiger partial charge in [0.2, 0.25) is 0 Å². The Bertz CT molecular complexity index is 183. The molecule has 0 aromatic heterocycles. The summed E-state index contributed by atoms with van der Waals surface area (Å²) in [6, 6.07) is 0. The first-order valence-electron chi connectivity index (χ1n) is 5.38. The lowest BCUT2D eigenvalue weighted by molar-refractivity contribution is -0.138. The van der Waals surface area contributed by atoms with Gasteiger partial charge in [0.15, 0.2) is 0 Å². The molecule has 0 aliphatic heterocycles. The maximum Gasteiger partial charge on any atom is 0.317 e. The van der Waals surface area contributed by atoms with Crippen LogP contribution in [0.3, 0.4) is 0 Å². The standard InChI is InChI=1S/C11H23NO3/c1-9(2)5-12(7-11(13)14)6-10(3)8-15-4/h9-10H,5-8H2,1-4H3,(H,13,14). The van der Waals surface area contributed by atoms with Crippen LogP contribution in [0, 0.1) is 11.8 Å². The molecular weight excluding hydrogens is 194 g/mol. The summed E-state index contributed by atoms with van der Waals surface area (Å²) in [7, 11) is 1.67. The van der Waals surface area contributed by atoms with Crippen molar-refractivity contribution in [3.05, 3.63) is 0 Å². The van der Waals surface area contributed by atoms with E-state index in [0.717, 1.165) is 13.1 Å². The quantitative estimate of drug-likeness (QED) is 0.666. The number of hydrogen-bond acceptors (Lipinski definition) is 3. The average molecular weight is 217 g/mol. The molecule has 0 saturated carbocycles. The monoisotopic (exact) mass is 217 g/mol. The highest BCUT2D eigenvalue weighted by atomic mass is 16.5. The Morgan fingerprint density at radius 1 is 1.33 bits per heavy atom. The third kappa shape index (κ3) is 8.39. The Morgan fingerprint density at radius 3 is 2.33 bits per heavy atom. The molecule has 0 heterocycles. The predicted molar refractivity (Wildman–Crippen MR) is 60.0 cm³/mol. The summed E-state index contributed by atoms with van der Waals surface area (Å²) in [6.07, 6.45) is 0. The summed E-state index contributed by atoms with van der Waals surface area (Å²) in [5.74, 6) is 0.0902. The minimum absolute atomic E-state index is 0.117. The molecule has 1 unspecified atom stereocenters. The van der Waals surface area contributed by atoms with Crippen LogP contribution < -0.4 is 0 Å². The first-order valence-corrected chi connectivity index (χ1v) is 5.38. The van der Waals surface area contributed by atoms with Crippen LogP contribution in [0.4, 0.5) is 0 Å². The minimum atomic E-state index is -0.764. The molecule has 4 nitrogen and oxygen atoms in total. The van der Waals surface area contributed by atoms with E-state index >= 15 is 0 Å². The number of hydrogen-bond donors (Lipinski definition) is 1. The fourth-order valence-electron chi connectivity index (χ4n) is 1.69. The van der Waals surface area contributed by atoms with E-state index in [1.807, 2.05) is 4.90 Å². The summed E-state index contributed by atoms with van der Waals surface area (Å²) < 4.78 is 5.04. The molecule has 0 fully saturated rings. The molecule has 1 atom stereocenters. The molecule has 0 amide bonds. The largest absolute Gasteiger partial charge is 0.480 e. The normalized spacial score (nSPS) is 13.5. The lowest BCUT2D eigenvalue weighted by Crippen LogP contribution is -2.37. The topological polar surface area (TPSA) is 49.8 Å². The van der Waals surface area contributed by atoms with Crippen LogP contribution in [-0.2, 0) is 9.53 Å². The molecule has 0 aliphatic carbocycles. The van der Waals surface area contributed by atoms with Gasteiger partial charge in [-0.15, -0.1) is 0 Å². The number of carboxylic acids is 1. The Morgan fingerprint density at radius 2 is 1.93 bits per heavy atom. The van der Waals surface area contributed by atoms with Crippen molar-refractivity contribution in [3.63, 3.8) is 0 Å². The van der Waals surface area contributed by atoms with Gasteiger partial charge in [-0.1, -0.05) is 20.8 Å². The van der Waals surface area contributed by atoms with Crippen LogP contribution in [0.25, 0.3) is 0 Å². The van der Waals surface area contributed by atoms with Crippen molar-refractivity contribution >= 4 is 5.97 Å². The van der Waals surface area contributed by atoms with Gasteiger partial charge >= 0.3 is 5.97 Å². The maximum absolute atomic E-state index is 10.7. The summed E-state index contributed by atoms with van der Waals surface area (Å²) >= 11 is 0. The molecule has 0 radical (unpaired) electrons. The highest BCUT2D eigenvalue weighted by Crippen LogP contribution is 2.04. The van der Waals surface area contributed by atoms with Gasteiger partial charge in [0.05, 0.1) is 6.54 Å². The van der Waals surface area contributed by atoms with Crippen molar-refractivity contribution < 1.29 is 14.6 Å². The Kier molecular flexibility index (Phi) is 7.34. The number of ether oxygens (including phenoxy) is 1. The third-order valence-electron chi connectivity index (χ3n) is 2.00. The molecule has 0 rings (SSSR count). The second-order valence-electron chi connectivity index (χ2n) is 4.54. The van der Waals surface area contributed by atoms with Crippen LogP contribution in [-0.4, -0.2) is 49.3 Å². The van der Waals surface area contributed by atoms with Crippen LogP contribution in [0.5, 0.6) is 0 Å². The number of nitrogens with zero attached hydrogens (tertiary/aromatic N) is 1. The number of carboxylic acid groups (broad SMARTS) is 1. The Balaban J connectivity index is 4.04. The van der Waals surface area contributed by atoms with Crippen molar-refractivity contribution in [1.29, 1.82) is 0 Å². The highest BCUT2D eigenvalue weighted by Gasteiger charge is 2.14. The molecule has 4 heteroatoms. The molecule has 90 valence electrons. The van der Waals surface area contributed by atoms with Gasteiger partial charge < -0.3 is 9.84 Å². The summed E-state index contributed by atoms with van der Waals surface area (Å²) in [4.78, 5) is 12.6. The zero-order chi connectivity index (χ0) is 11.8. The fourth-order valence-corrected chi connectivity index (χ4v) is 1.69. The van der Waals surface area contributed by atoms with Gasteiger partial charge in [0.25, 0.3) is 0 Å². The Hall–Kier alpha value is -0.610. The van der Waals surface area contributed by atoms with Crippen molar-refractivity contribution in [1.82, 2.24) is 4.90 Å². The van der Waals surface area contributed by atoms with Crippen molar-refractivity contribution in [3.8, 4) is 0 Å². The second kappa shape index (κ2) is 7.65. The molecule has 0 saturated heterocycles. The lowest BCUT2D eigenvalue weighted by Gasteiger charge is -2.25. The molecule has 0 aliphatic rings. The first-order chi connectivity index (χ1) is 6.95. The van der Waals surface area contributed by atoms with E-state index in [2.05, 4.69) is 20.8 Å². The van der Waals surface area contributed by atoms with E-state index < -0.39 is 5.97 Å². The molecule has 1 N–H and O–H groups in total. The molecule has 0 spiro atoms. The van der Waals surface area contributed by atoms with E-state index in [1.54, 1.807) is 7.11 Å². The molecule has 0 aromatic rings. The fraction of sp³-hybridized carbons (Fsp3) is 0.909. The van der Waals surface area contributed by atoms with Gasteiger partial charge in [-0.05, 0) is 11.8 Å². The summed E-state index contributed by atoms with van der Waals surface area (Å²) in [5.41, 5.74) is 0. The Labute approximate surface area is 92.2 Å². The van der Waals surface area contributed by atoms with E-state index in [1.165, 1.54) is 0 Å². The van der Waals surface area contributed by atoms with Gasteiger partial charge in [0, 0.05) is 26.8 Å². The lowest BCUT2D eigenvalue weighted by atomic mass is 10.1. The summed E-state index contributed by atoms with van der Waals surface area (Å²) in [5, 5.41) is 8.77. The molecule has 0 bridgehead atoms. The van der Waals surface area contributed by atoms with Gasteiger partial charge in [-0.25, -0.2) is 0 Å². The van der Waals surface area contributed by atoms with E-state index in [4.69, 9.17) is 9.84 Å². The molecule has 15 heavy (non-hydrogen) atoms. The first kappa shape index (κ1) is 14.4. The molecule has 0 aromatic carbocycles. The van der Waals surface area contributed by atoms with Gasteiger partial charge in [-0.2, -0.15) is 0 Å².